The second kappa shape index (κ2) is 7.07. The SMILES string of the molecule is O=C([O-])CCN1C(=O)/C(=C\c2ccc(Cl)c([N+](=O)[O-])c2)SC1=S. The lowest BCUT2D eigenvalue weighted by Gasteiger charge is -2.14. The normalized spacial score (nSPS) is 16.2. The third-order valence-corrected chi connectivity index (χ3v) is 4.58. The number of hydrogen-bond acceptors (Lipinski definition) is 7. The first kappa shape index (κ1) is 17.4. The van der Waals surface area contributed by atoms with Crippen LogP contribution < -0.4 is 5.11 Å². The predicted molar refractivity (Wildman–Crippen MR) is 87.6 cm³/mol. The molecule has 1 aromatic rings. The molecule has 23 heavy (non-hydrogen) atoms. The zero-order chi connectivity index (χ0) is 17.1. The predicted octanol–water partition coefficient (Wildman–Crippen LogP) is 1.59. The molecule has 0 saturated carbocycles. The largest absolute Gasteiger partial charge is 0.550 e. The van der Waals surface area contributed by atoms with Crippen molar-refractivity contribution in [3.63, 3.8) is 0 Å². The van der Waals surface area contributed by atoms with Gasteiger partial charge < -0.3 is 9.90 Å². The van der Waals surface area contributed by atoms with Gasteiger partial charge >= 0.3 is 0 Å². The van der Waals surface area contributed by atoms with E-state index in [1.54, 1.807) is 0 Å². The molecule has 0 atom stereocenters. The first-order valence-electron chi connectivity index (χ1n) is 6.18. The van der Waals surface area contributed by atoms with Crippen LogP contribution in [0.4, 0.5) is 5.69 Å². The highest BCUT2D eigenvalue weighted by Crippen LogP contribution is 2.34. The number of benzene rings is 1. The van der Waals surface area contributed by atoms with Crippen LogP contribution >= 0.6 is 35.6 Å². The van der Waals surface area contributed by atoms with Gasteiger partial charge in [0.05, 0.1) is 9.83 Å². The monoisotopic (exact) mass is 371 g/mol. The summed E-state index contributed by atoms with van der Waals surface area (Å²) >= 11 is 11.8. The highest BCUT2D eigenvalue weighted by Gasteiger charge is 2.31. The molecular formula is C13H8ClN2O5S2-. The van der Waals surface area contributed by atoms with Crippen LogP contribution in [-0.2, 0) is 9.59 Å². The summed E-state index contributed by atoms with van der Waals surface area (Å²) in [4.78, 5) is 34.3. The van der Waals surface area contributed by atoms with Gasteiger partial charge in [0.2, 0.25) is 0 Å². The Hall–Kier alpha value is -1.97. The summed E-state index contributed by atoms with van der Waals surface area (Å²) in [5, 5.41) is 21.3. The van der Waals surface area contributed by atoms with Crippen LogP contribution in [0.5, 0.6) is 0 Å². The molecule has 0 aromatic heterocycles. The standard InChI is InChI=1S/C13H9ClN2O5S2/c14-8-2-1-7(5-9(8)16(20)21)6-10-12(19)15(13(22)23-10)4-3-11(17)18/h1-2,5-6H,3-4H2,(H,17,18)/p-1/b10-6+. The summed E-state index contributed by atoms with van der Waals surface area (Å²) < 4.78 is 0.228. The number of amides is 1. The number of carbonyl (C=O) groups excluding carboxylic acids is 2. The Labute approximate surface area is 145 Å². The van der Waals surface area contributed by atoms with Gasteiger partial charge in [0.25, 0.3) is 11.6 Å². The fourth-order valence-electron chi connectivity index (χ4n) is 1.81. The summed E-state index contributed by atoms with van der Waals surface area (Å²) in [5.41, 5.74) is 0.148. The number of nitro groups is 1. The number of aliphatic carboxylic acids is 1. The van der Waals surface area contributed by atoms with E-state index in [2.05, 4.69) is 0 Å². The van der Waals surface area contributed by atoms with E-state index in [0.29, 0.717) is 5.56 Å². The quantitative estimate of drug-likeness (QED) is 0.335. The van der Waals surface area contributed by atoms with Crippen molar-refractivity contribution in [3.8, 4) is 0 Å². The molecule has 0 spiro atoms. The Balaban J connectivity index is 2.25. The van der Waals surface area contributed by atoms with Crippen LogP contribution in [0.1, 0.15) is 12.0 Å². The molecule has 0 unspecified atom stereocenters. The smallest absolute Gasteiger partial charge is 0.288 e. The van der Waals surface area contributed by atoms with Crippen LogP contribution in [0.15, 0.2) is 23.1 Å². The number of thiocarbonyl (C=S) groups is 1. The van der Waals surface area contributed by atoms with Gasteiger partial charge in [0.15, 0.2) is 0 Å². The summed E-state index contributed by atoms with van der Waals surface area (Å²) in [7, 11) is 0. The van der Waals surface area contributed by atoms with Gasteiger partial charge in [0.1, 0.15) is 9.34 Å². The summed E-state index contributed by atoms with van der Waals surface area (Å²) in [6.07, 6.45) is 1.12. The minimum absolute atomic E-state index is 0.00587. The van der Waals surface area contributed by atoms with E-state index in [4.69, 9.17) is 23.8 Å². The molecule has 0 aliphatic carbocycles. The number of nitrogens with zero attached hydrogens (tertiary/aromatic N) is 2. The molecule has 0 N–H and O–H groups in total. The van der Waals surface area contributed by atoms with Gasteiger partial charge in [-0.2, -0.15) is 0 Å². The first-order valence-corrected chi connectivity index (χ1v) is 7.79. The number of rotatable bonds is 5. The number of carboxylic acids is 1. The van der Waals surface area contributed by atoms with Crippen molar-refractivity contribution in [2.75, 3.05) is 6.54 Å². The van der Waals surface area contributed by atoms with Gasteiger partial charge in [-0.3, -0.25) is 19.8 Å². The molecule has 1 saturated heterocycles. The number of carbonyl (C=O) groups is 2. The van der Waals surface area contributed by atoms with Crippen molar-refractivity contribution in [3.05, 3.63) is 43.8 Å². The van der Waals surface area contributed by atoms with Crippen LogP contribution in [0.25, 0.3) is 6.08 Å². The van der Waals surface area contributed by atoms with Crippen molar-refractivity contribution in [1.29, 1.82) is 0 Å². The van der Waals surface area contributed by atoms with E-state index in [1.165, 1.54) is 24.3 Å². The minimum Gasteiger partial charge on any atom is -0.550 e. The Morgan fingerprint density at radius 1 is 1.48 bits per heavy atom. The highest BCUT2D eigenvalue weighted by atomic mass is 35.5. The van der Waals surface area contributed by atoms with E-state index in [-0.39, 0.29) is 32.9 Å². The third-order valence-electron chi connectivity index (χ3n) is 2.88. The topological polar surface area (TPSA) is 104 Å². The van der Waals surface area contributed by atoms with Crippen molar-refractivity contribution < 1.29 is 19.6 Å². The average Bonchev–Trinajstić information content (AvgIpc) is 2.73. The second-order valence-corrected chi connectivity index (χ2v) is 6.51. The lowest BCUT2D eigenvalue weighted by molar-refractivity contribution is -0.384. The van der Waals surface area contributed by atoms with Crippen molar-refractivity contribution >= 4 is 63.5 Å². The maximum Gasteiger partial charge on any atom is 0.288 e. The van der Waals surface area contributed by atoms with Crippen molar-refractivity contribution in [1.82, 2.24) is 4.90 Å². The van der Waals surface area contributed by atoms with Crippen LogP contribution in [-0.4, -0.2) is 32.6 Å². The first-order chi connectivity index (χ1) is 10.8. The van der Waals surface area contributed by atoms with E-state index in [1.807, 2.05) is 0 Å². The number of hydrogen-bond donors (Lipinski definition) is 0. The lowest BCUT2D eigenvalue weighted by Crippen LogP contribution is -2.33. The number of thioether (sulfide) groups is 1. The Morgan fingerprint density at radius 2 is 2.17 bits per heavy atom. The number of nitro benzene ring substituents is 1. The zero-order valence-corrected chi connectivity index (χ0v) is 13.7. The van der Waals surface area contributed by atoms with Gasteiger partial charge in [0, 0.05) is 25.0 Å². The van der Waals surface area contributed by atoms with Gasteiger partial charge in [-0.05, 0) is 17.7 Å². The second-order valence-electron chi connectivity index (χ2n) is 4.42. The molecule has 2 rings (SSSR count). The zero-order valence-electron chi connectivity index (χ0n) is 11.4. The lowest BCUT2D eigenvalue weighted by atomic mass is 10.2. The van der Waals surface area contributed by atoms with Crippen LogP contribution in [0.2, 0.25) is 5.02 Å². The molecule has 0 bridgehead atoms. The Kier molecular flexibility index (Phi) is 5.34. The molecule has 1 amide bonds. The van der Waals surface area contributed by atoms with Gasteiger partial charge in [-0.25, -0.2) is 0 Å². The number of carboxylic acid groups (broad SMARTS) is 1. The fourth-order valence-corrected chi connectivity index (χ4v) is 3.30. The van der Waals surface area contributed by atoms with E-state index >= 15 is 0 Å². The highest BCUT2D eigenvalue weighted by molar-refractivity contribution is 8.26. The summed E-state index contributed by atoms with van der Waals surface area (Å²) in [6.45, 7) is -0.0783. The molecular weight excluding hydrogens is 364 g/mol. The fraction of sp³-hybridized carbons (Fsp3) is 0.154. The maximum atomic E-state index is 12.2. The van der Waals surface area contributed by atoms with E-state index in [0.717, 1.165) is 16.7 Å². The average molecular weight is 372 g/mol. The molecule has 0 radical (unpaired) electrons. The molecule has 7 nitrogen and oxygen atoms in total. The third kappa shape index (κ3) is 4.06. The molecule has 1 fully saturated rings. The molecule has 120 valence electrons. The maximum absolute atomic E-state index is 12.2. The molecule has 1 aliphatic heterocycles. The van der Waals surface area contributed by atoms with Crippen LogP contribution in [0, 0.1) is 10.1 Å². The molecule has 10 heteroatoms. The molecule has 1 aliphatic rings. The molecule has 1 heterocycles. The Bertz CT molecular complexity index is 750. The van der Waals surface area contributed by atoms with E-state index in [9.17, 15) is 24.8 Å². The Morgan fingerprint density at radius 3 is 2.78 bits per heavy atom. The van der Waals surface area contributed by atoms with Crippen LogP contribution in [0.3, 0.4) is 0 Å². The summed E-state index contributed by atoms with van der Waals surface area (Å²) in [6, 6.07) is 4.14. The van der Waals surface area contributed by atoms with E-state index < -0.39 is 16.8 Å². The van der Waals surface area contributed by atoms with Gasteiger partial charge in [-0.1, -0.05) is 41.6 Å². The van der Waals surface area contributed by atoms with Crippen molar-refractivity contribution in [2.45, 2.75) is 6.42 Å². The van der Waals surface area contributed by atoms with Crippen molar-refractivity contribution in [2.24, 2.45) is 0 Å². The summed E-state index contributed by atoms with van der Waals surface area (Å²) in [5.74, 6) is -1.73. The number of halogens is 1. The minimum atomic E-state index is -1.28. The van der Waals surface area contributed by atoms with Gasteiger partial charge in [-0.15, -0.1) is 0 Å². The molecule has 1 aromatic carbocycles.